The van der Waals surface area contributed by atoms with Crippen LogP contribution >= 0.6 is 0 Å². The molecule has 1 atom stereocenters. The third-order valence-corrected chi connectivity index (χ3v) is 0.879. The van der Waals surface area contributed by atoms with Crippen LogP contribution in [0.4, 0.5) is 0 Å². The van der Waals surface area contributed by atoms with Crippen LogP contribution in [0.3, 0.4) is 0 Å². The van der Waals surface area contributed by atoms with Crippen LogP contribution in [0.2, 0.25) is 0 Å². The summed E-state index contributed by atoms with van der Waals surface area (Å²) in [4.78, 5) is 25.7. The fourth-order valence-corrected chi connectivity index (χ4v) is 0.0577. The first-order valence-electron chi connectivity index (χ1n) is 4.80. The van der Waals surface area contributed by atoms with Gasteiger partial charge in [0.15, 0.2) is 0 Å². The highest BCUT2D eigenvalue weighted by Crippen LogP contribution is 1.73. The van der Waals surface area contributed by atoms with Crippen LogP contribution in [0.25, 0.3) is 0 Å². The minimum atomic E-state index is -1.23. The molecule has 0 amide bonds. The van der Waals surface area contributed by atoms with Crippen molar-refractivity contribution in [1.82, 2.24) is 0 Å². The molecule has 0 aliphatic heterocycles. The first-order chi connectivity index (χ1) is 8.78. The fourth-order valence-electron chi connectivity index (χ4n) is 0.0577. The molecule has 0 saturated carbocycles. The molecule has 0 aromatic rings. The number of hydrogen-bond donors (Lipinski definition) is 7. The van der Waals surface area contributed by atoms with Crippen molar-refractivity contribution < 1.29 is 51.6 Å². The van der Waals surface area contributed by atoms with Gasteiger partial charge in [-0.2, -0.15) is 9.59 Å². The molecule has 0 aliphatic carbocycles. The first-order valence-corrected chi connectivity index (χ1v) is 4.80. The van der Waals surface area contributed by atoms with E-state index in [2.05, 4.69) is 0 Å². The lowest BCUT2D eigenvalue weighted by Crippen LogP contribution is -2.15. The van der Waals surface area contributed by atoms with Gasteiger partial charge in [0.1, 0.15) is 12.2 Å². The maximum Gasteiger partial charge on any atom is 0.373 e. The number of aliphatic carboxylic acids is 1. The molecule has 0 aromatic carbocycles. The van der Waals surface area contributed by atoms with E-state index in [1.807, 2.05) is 0 Å². The predicted octanol–water partition coefficient (Wildman–Crippen LogP) is -2.95. The van der Waals surface area contributed by atoms with Gasteiger partial charge in [0.05, 0.1) is 26.4 Å². The monoisotopic (exact) mass is 306 g/mol. The summed E-state index contributed by atoms with van der Waals surface area (Å²) in [6.45, 7) is 0.218. The number of carbonyl (C=O) groups excluding carboxylic acids is 2. The maximum atomic E-state index is 9.45. The summed E-state index contributed by atoms with van der Waals surface area (Å²) in [6, 6.07) is 0. The van der Waals surface area contributed by atoms with Gasteiger partial charge in [-0.15, -0.1) is 0 Å². The Kier molecular flexibility index (Phi) is 47.6. The van der Waals surface area contributed by atoms with E-state index in [0.29, 0.717) is 0 Å². The van der Waals surface area contributed by atoms with Gasteiger partial charge in [-0.1, -0.05) is 7.43 Å². The Labute approximate surface area is 118 Å². The third kappa shape index (κ3) is 69.9. The van der Waals surface area contributed by atoms with E-state index in [4.69, 9.17) is 45.3 Å². The lowest BCUT2D eigenvalue weighted by atomic mass is 10.4. The summed E-state index contributed by atoms with van der Waals surface area (Å²) in [6.07, 6.45) is -1.94. The lowest BCUT2D eigenvalue weighted by Gasteiger charge is -1.96. The van der Waals surface area contributed by atoms with Crippen LogP contribution < -0.4 is 0 Å². The molecule has 0 aromatic heterocycles. The SMILES string of the molecule is C.CC(O)C(=O)O.O=C=O.OCC(O)CO.OCCO.[HH]. The summed E-state index contributed by atoms with van der Waals surface area (Å²) in [5.74, 6) is -1.19. The lowest BCUT2D eigenvalue weighted by molar-refractivity contribution is -0.191. The molecular formula is C10H26O10. The number of carbonyl (C=O) groups is 1. The van der Waals surface area contributed by atoms with Crippen molar-refractivity contribution in [3.8, 4) is 0 Å². The van der Waals surface area contributed by atoms with E-state index in [1.54, 1.807) is 0 Å². The second kappa shape index (κ2) is 30.6. The molecule has 1 unspecified atom stereocenters. The molecular weight excluding hydrogens is 280 g/mol. The average Bonchev–Trinajstić information content (AvgIpc) is 2.39. The van der Waals surface area contributed by atoms with Gasteiger partial charge in [0, 0.05) is 1.43 Å². The summed E-state index contributed by atoms with van der Waals surface area (Å²) in [5.41, 5.74) is 0. The van der Waals surface area contributed by atoms with Crippen LogP contribution in [0, 0.1) is 0 Å². The molecule has 0 radical (unpaired) electrons. The van der Waals surface area contributed by atoms with E-state index in [-0.39, 0.29) is 41.4 Å². The van der Waals surface area contributed by atoms with Gasteiger partial charge < -0.3 is 35.7 Å². The Balaban J connectivity index is -0.0000000358. The summed E-state index contributed by atoms with van der Waals surface area (Å²) in [7, 11) is 0. The van der Waals surface area contributed by atoms with E-state index in [0.717, 1.165) is 0 Å². The van der Waals surface area contributed by atoms with Crippen molar-refractivity contribution in [2.24, 2.45) is 0 Å². The number of carboxylic acids is 1. The highest BCUT2D eigenvalue weighted by Gasteiger charge is 2.01. The summed E-state index contributed by atoms with van der Waals surface area (Å²) >= 11 is 0. The van der Waals surface area contributed by atoms with Crippen molar-refractivity contribution in [2.45, 2.75) is 26.6 Å². The quantitative estimate of drug-likeness (QED) is 0.282. The van der Waals surface area contributed by atoms with Crippen molar-refractivity contribution in [1.29, 1.82) is 0 Å². The number of aliphatic hydroxyl groups excluding tert-OH is 6. The molecule has 10 heteroatoms. The van der Waals surface area contributed by atoms with Crippen molar-refractivity contribution >= 4 is 12.1 Å². The van der Waals surface area contributed by atoms with Gasteiger partial charge >= 0.3 is 12.1 Å². The summed E-state index contributed by atoms with van der Waals surface area (Å²) < 4.78 is 0. The van der Waals surface area contributed by atoms with E-state index in [9.17, 15) is 4.79 Å². The Hall–Kier alpha value is -1.39. The zero-order valence-corrected chi connectivity index (χ0v) is 10.3. The Morgan fingerprint density at radius 2 is 1.25 bits per heavy atom. The topological polar surface area (TPSA) is 193 Å². The van der Waals surface area contributed by atoms with Crippen LogP contribution in [0.1, 0.15) is 15.8 Å². The fraction of sp³-hybridized carbons (Fsp3) is 0.800. The Morgan fingerprint density at radius 1 is 1.05 bits per heavy atom. The predicted molar refractivity (Wildman–Crippen MR) is 67.5 cm³/mol. The van der Waals surface area contributed by atoms with Crippen LogP contribution in [0.5, 0.6) is 0 Å². The zero-order valence-electron chi connectivity index (χ0n) is 10.3. The number of rotatable bonds is 4. The molecule has 0 fully saturated rings. The highest BCUT2D eigenvalue weighted by atomic mass is 16.4. The standard InChI is InChI=1S/C3H8O3.C3H6O3.C2H6O2.CO2.CH4.H2/c4-1-3(6)2-5;1-2(4)3(5)6;3-1-2-4;2-1-3;;/h3-6H,1-2H2;2,4H,1H3,(H,5,6);3-4H,1-2H2;;1H4;1H. The minimum Gasteiger partial charge on any atom is -0.479 e. The van der Waals surface area contributed by atoms with Crippen LogP contribution in [-0.2, 0) is 14.4 Å². The molecule has 0 spiro atoms. The van der Waals surface area contributed by atoms with Crippen molar-refractivity contribution in [3.05, 3.63) is 0 Å². The molecule has 10 nitrogen and oxygen atoms in total. The molecule has 0 saturated heterocycles. The van der Waals surface area contributed by atoms with Crippen LogP contribution in [0.15, 0.2) is 0 Å². The molecule has 0 bridgehead atoms. The van der Waals surface area contributed by atoms with E-state index >= 15 is 0 Å². The Morgan fingerprint density at radius 3 is 1.25 bits per heavy atom. The zero-order chi connectivity index (χ0) is 16.3. The molecule has 7 N–H and O–H groups in total. The van der Waals surface area contributed by atoms with Gasteiger partial charge in [0.25, 0.3) is 0 Å². The van der Waals surface area contributed by atoms with E-state index in [1.165, 1.54) is 6.92 Å². The van der Waals surface area contributed by atoms with Gasteiger partial charge in [-0.05, 0) is 6.92 Å². The second-order valence-electron chi connectivity index (χ2n) is 2.56. The van der Waals surface area contributed by atoms with Crippen LogP contribution in [-0.4, -0.2) is 86.5 Å². The average molecular weight is 306 g/mol. The summed E-state index contributed by atoms with van der Waals surface area (Å²) in [5, 5.41) is 55.0. The number of hydrogen-bond acceptors (Lipinski definition) is 9. The molecule has 0 rings (SSSR count). The minimum absolute atomic E-state index is 0. The largest absolute Gasteiger partial charge is 0.479 e. The van der Waals surface area contributed by atoms with Gasteiger partial charge in [-0.25, -0.2) is 4.79 Å². The smallest absolute Gasteiger partial charge is 0.373 e. The molecule has 126 valence electrons. The van der Waals surface area contributed by atoms with E-state index < -0.39 is 18.2 Å². The number of aliphatic hydroxyl groups is 6. The van der Waals surface area contributed by atoms with Gasteiger partial charge in [0.2, 0.25) is 0 Å². The van der Waals surface area contributed by atoms with Gasteiger partial charge in [-0.3, -0.25) is 0 Å². The van der Waals surface area contributed by atoms with Crippen molar-refractivity contribution in [2.75, 3.05) is 26.4 Å². The normalized spacial score (nSPS) is 9.00. The van der Waals surface area contributed by atoms with Crippen molar-refractivity contribution in [3.63, 3.8) is 0 Å². The first kappa shape index (κ1) is 31.2. The second-order valence-corrected chi connectivity index (χ2v) is 2.56. The Bertz CT molecular complexity index is 200. The molecule has 20 heavy (non-hydrogen) atoms. The highest BCUT2D eigenvalue weighted by molar-refractivity contribution is 5.71. The third-order valence-electron chi connectivity index (χ3n) is 0.879. The maximum absolute atomic E-state index is 9.45. The molecule has 0 heterocycles. The number of carboxylic acid groups (broad SMARTS) is 1. The molecule has 0 aliphatic rings.